The smallest absolute Gasteiger partial charge is 0.0682 e. The van der Waals surface area contributed by atoms with Crippen LogP contribution in [0.1, 0.15) is 46.0 Å². The number of piperidine rings is 1. The van der Waals surface area contributed by atoms with E-state index in [0.29, 0.717) is 12.0 Å². The number of ether oxygens (including phenoxy) is 1. The molecule has 0 unspecified atom stereocenters. The van der Waals surface area contributed by atoms with Crippen molar-refractivity contribution in [1.29, 1.82) is 0 Å². The van der Waals surface area contributed by atoms with Gasteiger partial charge in [-0.25, -0.2) is 0 Å². The van der Waals surface area contributed by atoms with Gasteiger partial charge < -0.3 is 4.74 Å². The maximum Gasteiger partial charge on any atom is 0.0682 e. The topological polar surface area (TPSA) is 30.3 Å². The molecule has 25 heavy (non-hydrogen) atoms. The van der Waals surface area contributed by atoms with Crippen LogP contribution in [0.3, 0.4) is 0 Å². The Morgan fingerprint density at radius 2 is 1.92 bits per heavy atom. The third kappa shape index (κ3) is 3.61. The molecular weight excluding hydrogens is 310 g/mol. The fourth-order valence-electron chi connectivity index (χ4n) is 4.83. The number of nitrogens with zero attached hydrogens (tertiary/aromatic N) is 3. The Morgan fingerprint density at radius 1 is 1.16 bits per heavy atom. The van der Waals surface area contributed by atoms with Gasteiger partial charge in [0, 0.05) is 37.2 Å². The Morgan fingerprint density at radius 3 is 2.68 bits per heavy atom. The lowest BCUT2D eigenvalue weighted by molar-refractivity contribution is -0.0237. The van der Waals surface area contributed by atoms with Crippen molar-refractivity contribution in [1.82, 2.24) is 14.7 Å². The summed E-state index contributed by atoms with van der Waals surface area (Å²) < 4.78 is 8.24. The van der Waals surface area contributed by atoms with Gasteiger partial charge in [0.15, 0.2) is 0 Å². The first-order chi connectivity index (χ1) is 12.2. The number of fused-ring (bicyclic) bond motifs is 3. The molecule has 2 aliphatic rings. The summed E-state index contributed by atoms with van der Waals surface area (Å²) in [5.41, 5.74) is 1.25. The summed E-state index contributed by atoms with van der Waals surface area (Å²) in [5, 5.41) is 5.85. The zero-order chi connectivity index (χ0) is 17.2. The molecule has 0 aliphatic carbocycles. The molecule has 2 fully saturated rings. The van der Waals surface area contributed by atoms with Crippen LogP contribution in [0.4, 0.5) is 0 Å². The van der Waals surface area contributed by atoms with Crippen molar-refractivity contribution in [3.8, 4) is 0 Å². The highest BCUT2D eigenvalue weighted by atomic mass is 16.5. The third-order valence-electron chi connectivity index (χ3n) is 5.96. The van der Waals surface area contributed by atoms with Crippen LogP contribution in [0.15, 0.2) is 30.5 Å². The molecular formula is C21H31N3O. The summed E-state index contributed by atoms with van der Waals surface area (Å²) >= 11 is 0. The molecule has 4 heteroatoms. The van der Waals surface area contributed by atoms with Crippen molar-refractivity contribution in [3.05, 3.63) is 30.5 Å². The lowest BCUT2D eigenvalue weighted by Crippen LogP contribution is -2.47. The van der Waals surface area contributed by atoms with Gasteiger partial charge >= 0.3 is 0 Å². The molecule has 0 N–H and O–H groups in total. The van der Waals surface area contributed by atoms with Gasteiger partial charge in [0.1, 0.15) is 0 Å². The number of hydrogen-bond donors (Lipinski definition) is 0. The Hall–Kier alpha value is -1.39. The SMILES string of the molecule is CCCOC1C[C@H]2CC[C@H](C1)N2C[C@@H](C)Cn1ncc2ccccc21. The first-order valence-electron chi connectivity index (χ1n) is 10.0. The summed E-state index contributed by atoms with van der Waals surface area (Å²) in [4.78, 5) is 2.78. The van der Waals surface area contributed by atoms with Crippen molar-refractivity contribution in [2.75, 3.05) is 13.2 Å². The van der Waals surface area contributed by atoms with Gasteiger partial charge in [0.05, 0.1) is 17.8 Å². The Balaban J connectivity index is 1.36. The van der Waals surface area contributed by atoms with E-state index in [0.717, 1.165) is 31.7 Å². The van der Waals surface area contributed by atoms with E-state index < -0.39 is 0 Å². The summed E-state index contributed by atoms with van der Waals surface area (Å²) in [6.07, 6.45) is 8.79. The van der Waals surface area contributed by atoms with Gasteiger partial charge in [-0.1, -0.05) is 32.0 Å². The standard InChI is InChI=1S/C21H31N3O/c1-3-10-25-20-11-18-8-9-19(12-20)23(18)14-16(2)15-24-21-7-5-4-6-17(21)13-22-24/h4-7,13,16,18-20H,3,8-12,14-15H2,1-2H3/t16-,18-,19-/m1/s1. The fraction of sp³-hybridized carbons (Fsp3) is 0.667. The van der Waals surface area contributed by atoms with E-state index in [9.17, 15) is 0 Å². The normalized spacial score (nSPS) is 27.8. The van der Waals surface area contributed by atoms with E-state index >= 15 is 0 Å². The molecule has 1 aromatic heterocycles. The Kier molecular flexibility index (Phi) is 5.09. The van der Waals surface area contributed by atoms with Crippen LogP contribution < -0.4 is 0 Å². The summed E-state index contributed by atoms with van der Waals surface area (Å²) in [6, 6.07) is 9.97. The van der Waals surface area contributed by atoms with Crippen LogP contribution in [0.5, 0.6) is 0 Å². The molecule has 4 nitrogen and oxygen atoms in total. The predicted molar refractivity (Wildman–Crippen MR) is 102 cm³/mol. The largest absolute Gasteiger partial charge is 0.378 e. The molecule has 2 bridgehead atoms. The Labute approximate surface area is 151 Å². The first kappa shape index (κ1) is 17.0. The highest BCUT2D eigenvalue weighted by Gasteiger charge is 2.41. The van der Waals surface area contributed by atoms with Gasteiger partial charge in [-0.3, -0.25) is 9.58 Å². The van der Waals surface area contributed by atoms with Crippen molar-refractivity contribution in [2.24, 2.45) is 5.92 Å². The molecule has 4 rings (SSSR count). The quantitative estimate of drug-likeness (QED) is 0.760. The van der Waals surface area contributed by atoms with E-state index in [4.69, 9.17) is 4.74 Å². The zero-order valence-electron chi connectivity index (χ0n) is 15.6. The first-order valence-corrected chi connectivity index (χ1v) is 10.0. The van der Waals surface area contributed by atoms with E-state index in [-0.39, 0.29) is 0 Å². The number of rotatable bonds is 7. The fourth-order valence-corrected chi connectivity index (χ4v) is 4.83. The van der Waals surface area contributed by atoms with E-state index in [1.54, 1.807) is 0 Å². The van der Waals surface area contributed by atoms with Crippen molar-refractivity contribution in [2.45, 2.75) is 70.7 Å². The van der Waals surface area contributed by atoms with Crippen LogP contribution in [-0.4, -0.2) is 46.0 Å². The molecule has 2 aromatic rings. The van der Waals surface area contributed by atoms with Crippen LogP contribution in [0, 0.1) is 5.92 Å². The molecule has 2 aliphatic heterocycles. The van der Waals surface area contributed by atoms with Crippen LogP contribution in [-0.2, 0) is 11.3 Å². The minimum atomic E-state index is 0.499. The monoisotopic (exact) mass is 341 g/mol. The summed E-state index contributed by atoms with van der Waals surface area (Å²) in [6.45, 7) is 7.68. The van der Waals surface area contributed by atoms with Gasteiger partial charge in [0.25, 0.3) is 0 Å². The lowest BCUT2D eigenvalue weighted by atomic mass is 9.98. The van der Waals surface area contributed by atoms with E-state index in [2.05, 4.69) is 52.8 Å². The maximum absolute atomic E-state index is 6.06. The van der Waals surface area contributed by atoms with Crippen molar-refractivity contribution >= 4 is 10.9 Å². The van der Waals surface area contributed by atoms with E-state index in [1.807, 2.05) is 6.20 Å². The minimum Gasteiger partial charge on any atom is -0.378 e. The van der Waals surface area contributed by atoms with Crippen LogP contribution in [0.25, 0.3) is 10.9 Å². The maximum atomic E-state index is 6.06. The molecule has 2 saturated heterocycles. The van der Waals surface area contributed by atoms with Gasteiger partial charge in [-0.2, -0.15) is 5.10 Å². The summed E-state index contributed by atoms with van der Waals surface area (Å²) in [5.74, 6) is 0.611. The molecule has 3 heterocycles. The number of hydrogen-bond acceptors (Lipinski definition) is 3. The second-order valence-electron chi connectivity index (χ2n) is 8.04. The molecule has 1 aromatic carbocycles. The Bertz CT molecular complexity index is 683. The van der Waals surface area contributed by atoms with Crippen LogP contribution >= 0.6 is 0 Å². The van der Waals surface area contributed by atoms with E-state index in [1.165, 1.54) is 43.1 Å². The average Bonchev–Trinajstić information content (AvgIpc) is 3.11. The number of aromatic nitrogens is 2. The molecule has 0 saturated carbocycles. The highest BCUT2D eigenvalue weighted by Crippen LogP contribution is 2.37. The van der Waals surface area contributed by atoms with Crippen molar-refractivity contribution in [3.63, 3.8) is 0 Å². The third-order valence-corrected chi connectivity index (χ3v) is 5.96. The average molecular weight is 341 g/mol. The second-order valence-corrected chi connectivity index (χ2v) is 8.04. The van der Waals surface area contributed by atoms with Crippen molar-refractivity contribution < 1.29 is 4.74 Å². The van der Waals surface area contributed by atoms with Gasteiger partial charge in [0.2, 0.25) is 0 Å². The molecule has 0 amide bonds. The molecule has 3 atom stereocenters. The summed E-state index contributed by atoms with van der Waals surface area (Å²) in [7, 11) is 0. The number of benzene rings is 1. The second kappa shape index (κ2) is 7.46. The molecule has 0 spiro atoms. The lowest BCUT2D eigenvalue weighted by Gasteiger charge is -2.40. The highest BCUT2D eigenvalue weighted by molar-refractivity contribution is 5.78. The zero-order valence-corrected chi connectivity index (χ0v) is 15.6. The number of para-hydroxylation sites is 1. The molecule has 0 radical (unpaired) electrons. The minimum absolute atomic E-state index is 0.499. The van der Waals surface area contributed by atoms with Crippen LogP contribution in [0.2, 0.25) is 0 Å². The van der Waals surface area contributed by atoms with Gasteiger partial charge in [-0.15, -0.1) is 0 Å². The predicted octanol–water partition coefficient (Wildman–Crippen LogP) is 4.09. The van der Waals surface area contributed by atoms with Gasteiger partial charge in [-0.05, 0) is 44.1 Å². The molecule has 136 valence electrons.